The Morgan fingerprint density at radius 2 is 2.05 bits per heavy atom. The summed E-state index contributed by atoms with van der Waals surface area (Å²) in [7, 11) is 0. The lowest BCUT2D eigenvalue weighted by molar-refractivity contribution is -0.0521. The number of aryl methyl sites for hydroxylation is 1. The molecule has 0 spiro atoms. The van der Waals surface area contributed by atoms with Crippen molar-refractivity contribution in [2.45, 2.75) is 38.0 Å². The molecular formula is C15H21ClN2O. The van der Waals surface area contributed by atoms with Crippen LogP contribution in [0, 0.1) is 6.92 Å². The van der Waals surface area contributed by atoms with Crippen LogP contribution in [0.3, 0.4) is 0 Å². The van der Waals surface area contributed by atoms with Gasteiger partial charge in [-0.2, -0.15) is 0 Å². The van der Waals surface area contributed by atoms with E-state index in [2.05, 4.69) is 17.9 Å². The number of fused-ring (bicyclic) bond motifs is 2. The highest BCUT2D eigenvalue weighted by molar-refractivity contribution is 6.30. The molecule has 0 amide bonds. The van der Waals surface area contributed by atoms with Gasteiger partial charge in [-0.25, -0.2) is 0 Å². The molecule has 1 aromatic rings. The van der Waals surface area contributed by atoms with Gasteiger partial charge in [-0.3, -0.25) is 4.90 Å². The predicted molar refractivity (Wildman–Crippen MR) is 77.5 cm³/mol. The smallest absolute Gasteiger partial charge is 0.0707 e. The summed E-state index contributed by atoms with van der Waals surface area (Å²) in [4.78, 5) is 2.49. The molecule has 0 aromatic heterocycles. The van der Waals surface area contributed by atoms with Gasteiger partial charge in [0.1, 0.15) is 0 Å². The third kappa shape index (κ3) is 2.65. The predicted octanol–water partition coefficient (Wildman–Crippen LogP) is 2.51. The first-order chi connectivity index (χ1) is 9.17. The molecule has 4 heteroatoms. The highest BCUT2D eigenvalue weighted by atomic mass is 35.5. The molecule has 3 nitrogen and oxygen atoms in total. The van der Waals surface area contributed by atoms with Crippen molar-refractivity contribution in [2.24, 2.45) is 5.73 Å². The van der Waals surface area contributed by atoms with E-state index >= 15 is 0 Å². The average Bonchev–Trinajstić information content (AvgIpc) is 2.72. The van der Waals surface area contributed by atoms with E-state index in [0.717, 1.165) is 18.1 Å². The molecule has 0 aliphatic carbocycles. The van der Waals surface area contributed by atoms with E-state index in [9.17, 15) is 0 Å². The second-order valence-electron chi connectivity index (χ2n) is 5.66. The Balaban J connectivity index is 1.83. The second-order valence-corrected chi connectivity index (χ2v) is 6.10. The summed E-state index contributed by atoms with van der Waals surface area (Å²) >= 11 is 6.04. The summed E-state index contributed by atoms with van der Waals surface area (Å²) in [5, 5.41) is 0.791. The monoisotopic (exact) mass is 280 g/mol. The minimum Gasteiger partial charge on any atom is -0.372 e. The topological polar surface area (TPSA) is 38.5 Å². The summed E-state index contributed by atoms with van der Waals surface area (Å²) in [5.74, 6) is 0. The van der Waals surface area contributed by atoms with Gasteiger partial charge in [0.2, 0.25) is 0 Å². The van der Waals surface area contributed by atoms with Crippen molar-refractivity contribution < 1.29 is 4.74 Å². The fourth-order valence-electron chi connectivity index (χ4n) is 3.39. The first-order valence-electron chi connectivity index (χ1n) is 7.03. The number of rotatable bonds is 3. The second kappa shape index (κ2) is 5.41. The molecule has 2 saturated heterocycles. The lowest BCUT2D eigenvalue weighted by Gasteiger charge is -2.38. The average molecular weight is 281 g/mol. The standard InChI is InChI=1S/C15H21ClN2O/c1-10-6-11(16)2-5-14(10)15(7-17)18-8-12-3-4-13(9-18)19-12/h2,5-6,12-13,15H,3-4,7-9,17H2,1H3. The largest absolute Gasteiger partial charge is 0.372 e. The van der Waals surface area contributed by atoms with Gasteiger partial charge in [0.15, 0.2) is 0 Å². The summed E-state index contributed by atoms with van der Waals surface area (Å²) in [6.45, 7) is 4.75. The summed E-state index contributed by atoms with van der Waals surface area (Å²) < 4.78 is 5.90. The molecule has 2 N–H and O–H groups in total. The Hall–Kier alpha value is -0.610. The van der Waals surface area contributed by atoms with Crippen LogP contribution in [0.25, 0.3) is 0 Å². The number of nitrogens with zero attached hydrogens (tertiary/aromatic N) is 1. The van der Waals surface area contributed by atoms with E-state index in [1.165, 1.54) is 24.0 Å². The number of halogens is 1. The third-order valence-electron chi connectivity index (χ3n) is 4.33. The maximum absolute atomic E-state index is 6.04. The molecule has 2 bridgehead atoms. The van der Waals surface area contributed by atoms with Crippen LogP contribution in [0.15, 0.2) is 18.2 Å². The van der Waals surface area contributed by atoms with Crippen molar-refractivity contribution in [3.05, 3.63) is 34.3 Å². The van der Waals surface area contributed by atoms with E-state index < -0.39 is 0 Å². The summed E-state index contributed by atoms with van der Waals surface area (Å²) in [6.07, 6.45) is 3.19. The van der Waals surface area contributed by atoms with Gasteiger partial charge in [0, 0.05) is 30.7 Å². The van der Waals surface area contributed by atoms with Crippen LogP contribution in [-0.2, 0) is 4.74 Å². The molecule has 3 atom stereocenters. The van der Waals surface area contributed by atoms with Crippen LogP contribution in [-0.4, -0.2) is 36.7 Å². The quantitative estimate of drug-likeness (QED) is 0.925. The molecule has 1 aromatic carbocycles. The van der Waals surface area contributed by atoms with Crippen molar-refractivity contribution >= 4 is 11.6 Å². The Kier molecular flexibility index (Phi) is 3.81. The zero-order valence-corrected chi connectivity index (χ0v) is 12.1. The van der Waals surface area contributed by atoms with Gasteiger partial charge in [-0.1, -0.05) is 17.7 Å². The molecule has 3 unspecified atom stereocenters. The first-order valence-corrected chi connectivity index (χ1v) is 7.41. The third-order valence-corrected chi connectivity index (χ3v) is 4.56. The molecule has 2 heterocycles. The number of benzene rings is 1. The molecule has 2 aliphatic heterocycles. The van der Waals surface area contributed by atoms with Crippen LogP contribution >= 0.6 is 11.6 Å². The Bertz CT molecular complexity index is 453. The zero-order valence-electron chi connectivity index (χ0n) is 11.3. The van der Waals surface area contributed by atoms with Crippen LogP contribution in [0.4, 0.5) is 0 Å². The fourth-order valence-corrected chi connectivity index (χ4v) is 3.61. The Morgan fingerprint density at radius 1 is 1.37 bits per heavy atom. The fraction of sp³-hybridized carbons (Fsp3) is 0.600. The highest BCUT2D eigenvalue weighted by Gasteiger charge is 2.36. The molecule has 19 heavy (non-hydrogen) atoms. The van der Waals surface area contributed by atoms with Gasteiger partial charge < -0.3 is 10.5 Å². The van der Waals surface area contributed by atoms with E-state index in [1.807, 2.05) is 12.1 Å². The maximum atomic E-state index is 6.04. The van der Waals surface area contributed by atoms with Crippen LogP contribution < -0.4 is 5.73 Å². The van der Waals surface area contributed by atoms with Crippen LogP contribution in [0.2, 0.25) is 5.02 Å². The van der Waals surface area contributed by atoms with Gasteiger partial charge in [-0.05, 0) is 43.0 Å². The first kappa shape index (κ1) is 13.4. The molecule has 3 rings (SSSR count). The number of hydrogen-bond acceptors (Lipinski definition) is 3. The number of likely N-dealkylation sites (tertiary alicyclic amines) is 1. The zero-order chi connectivity index (χ0) is 13.4. The lowest BCUT2D eigenvalue weighted by Crippen LogP contribution is -2.46. The minimum absolute atomic E-state index is 0.282. The van der Waals surface area contributed by atoms with Gasteiger partial charge >= 0.3 is 0 Å². The molecular weight excluding hydrogens is 260 g/mol. The van der Waals surface area contributed by atoms with E-state index in [-0.39, 0.29) is 6.04 Å². The number of nitrogens with two attached hydrogens (primary N) is 1. The SMILES string of the molecule is Cc1cc(Cl)ccc1C(CN)N1CC2CCC(C1)O2. The normalized spacial score (nSPS) is 28.6. The van der Waals surface area contributed by atoms with Crippen LogP contribution in [0.5, 0.6) is 0 Å². The highest BCUT2D eigenvalue weighted by Crippen LogP contribution is 2.33. The van der Waals surface area contributed by atoms with E-state index in [0.29, 0.717) is 18.8 Å². The van der Waals surface area contributed by atoms with Crippen LogP contribution in [0.1, 0.15) is 30.0 Å². The van der Waals surface area contributed by atoms with Crippen molar-refractivity contribution in [2.75, 3.05) is 19.6 Å². The van der Waals surface area contributed by atoms with Crippen molar-refractivity contribution in [1.29, 1.82) is 0 Å². The lowest BCUT2D eigenvalue weighted by atomic mass is 9.99. The molecule has 104 valence electrons. The summed E-state index contributed by atoms with van der Waals surface area (Å²) in [6, 6.07) is 6.38. The number of ether oxygens (including phenoxy) is 1. The van der Waals surface area contributed by atoms with Crippen molar-refractivity contribution in [1.82, 2.24) is 4.90 Å². The molecule has 2 fully saturated rings. The number of hydrogen-bond donors (Lipinski definition) is 1. The van der Waals surface area contributed by atoms with E-state index in [1.54, 1.807) is 0 Å². The molecule has 2 aliphatic rings. The van der Waals surface area contributed by atoms with Gasteiger partial charge in [0.25, 0.3) is 0 Å². The Labute approximate surface area is 119 Å². The van der Waals surface area contributed by atoms with Crippen molar-refractivity contribution in [3.63, 3.8) is 0 Å². The molecule has 0 radical (unpaired) electrons. The molecule has 0 saturated carbocycles. The van der Waals surface area contributed by atoms with Crippen molar-refractivity contribution in [3.8, 4) is 0 Å². The Morgan fingerprint density at radius 3 is 2.63 bits per heavy atom. The summed E-state index contributed by atoms with van der Waals surface area (Å²) in [5.41, 5.74) is 8.56. The van der Waals surface area contributed by atoms with Gasteiger partial charge in [0.05, 0.1) is 12.2 Å². The van der Waals surface area contributed by atoms with E-state index in [4.69, 9.17) is 22.1 Å². The number of morpholine rings is 1. The maximum Gasteiger partial charge on any atom is 0.0707 e. The minimum atomic E-state index is 0.282. The van der Waals surface area contributed by atoms with Gasteiger partial charge in [-0.15, -0.1) is 0 Å².